The molecule has 9 heteroatoms. The number of hydrogen-bond acceptors (Lipinski definition) is 6. The number of benzene rings is 2. The van der Waals surface area contributed by atoms with Gasteiger partial charge in [-0.2, -0.15) is 0 Å². The number of nitrogens with zero attached hydrogens (tertiary/aromatic N) is 5. The Morgan fingerprint density at radius 3 is 2.50 bits per heavy atom. The average Bonchev–Trinajstić information content (AvgIpc) is 3.32. The molecule has 7 nitrogen and oxygen atoms in total. The van der Waals surface area contributed by atoms with Crippen molar-refractivity contribution in [3.05, 3.63) is 59.3 Å². The summed E-state index contributed by atoms with van der Waals surface area (Å²) in [7, 11) is 3.40. The lowest BCUT2D eigenvalue weighted by molar-refractivity contribution is 0.0827. The summed E-state index contributed by atoms with van der Waals surface area (Å²) in [6.45, 7) is 3.38. The molecule has 0 N–H and O–H groups in total. The molecule has 2 saturated heterocycles. The first-order valence-corrected chi connectivity index (χ1v) is 11.5. The highest BCUT2D eigenvalue weighted by atomic mass is 19.1. The van der Waals surface area contributed by atoms with Crippen LogP contribution in [0.1, 0.15) is 34.8 Å². The van der Waals surface area contributed by atoms with Gasteiger partial charge in [-0.25, -0.2) is 13.8 Å². The van der Waals surface area contributed by atoms with Gasteiger partial charge in [-0.15, -0.1) is 0 Å². The van der Waals surface area contributed by atoms with E-state index in [2.05, 4.69) is 14.8 Å². The van der Waals surface area contributed by atoms with Gasteiger partial charge in [0.1, 0.15) is 23.0 Å². The molecular weight excluding hydrogens is 440 g/mol. The average molecular weight is 468 g/mol. The van der Waals surface area contributed by atoms with Crippen molar-refractivity contribution in [2.45, 2.75) is 18.9 Å². The molecule has 34 heavy (non-hydrogen) atoms. The minimum absolute atomic E-state index is 0.144. The number of amides is 1. The van der Waals surface area contributed by atoms with Crippen LogP contribution < -0.4 is 9.80 Å². The van der Waals surface area contributed by atoms with Gasteiger partial charge in [0.15, 0.2) is 0 Å². The molecule has 0 spiro atoms. The van der Waals surface area contributed by atoms with Crippen molar-refractivity contribution in [2.75, 3.05) is 56.7 Å². The molecule has 3 aromatic rings. The highest BCUT2D eigenvalue weighted by molar-refractivity contribution is 6.01. The molecule has 1 amide bonds. The Morgan fingerprint density at radius 1 is 1.06 bits per heavy atom. The first kappa shape index (κ1) is 22.5. The van der Waals surface area contributed by atoms with Crippen molar-refractivity contribution < 1.29 is 18.3 Å². The van der Waals surface area contributed by atoms with Gasteiger partial charge >= 0.3 is 0 Å². The number of aromatic nitrogens is 2. The highest BCUT2D eigenvalue weighted by Gasteiger charge is 2.30. The minimum atomic E-state index is -0.599. The van der Waals surface area contributed by atoms with Gasteiger partial charge in [0, 0.05) is 45.4 Å². The lowest BCUT2D eigenvalue weighted by Crippen LogP contribution is -2.36. The van der Waals surface area contributed by atoms with Gasteiger partial charge in [-0.05, 0) is 42.7 Å². The first-order chi connectivity index (χ1) is 16.4. The number of fused-ring (bicyclic) bond motifs is 1. The molecule has 0 radical (unpaired) electrons. The summed E-state index contributed by atoms with van der Waals surface area (Å²) in [5.41, 5.74) is 3.10. The smallest absolute Gasteiger partial charge is 0.253 e. The Kier molecular flexibility index (Phi) is 6.03. The van der Waals surface area contributed by atoms with Gasteiger partial charge in [0.2, 0.25) is 0 Å². The van der Waals surface area contributed by atoms with E-state index in [4.69, 9.17) is 9.72 Å². The molecule has 1 atom stereocenters. The molecule has 0 saturated carbocycles. The summed E-state index contributed by atoms with van der Waals surface area (Å²) >= 11 is 0. The second kappa shape index (κ2) is 9.13. The third-order valence-electron chi connectivity index (χ3n) is 6.44. The maximum Gasteiger partial charge on any atom is 0.253 e. The molecule has 2 aromatic carbocycles. The Morgan fingerprint density at radius 2 is 1.79 bits per heavy atom. The van der Waals surface area contributed by atoms with E-state index in [0.29, 0.717) is 41.9 Å². The predicted octanol–water partition coefficient (Wildman–Crippen LogP) is 3.79. The van der Waals surface area contributed by atoms with Crippen molar-refractivity contribution >= 4 is 28.4 Å². The lowest BCUT2D eigenvalue weighted by atomic mass is 10.0. The van der Waals surface area contributed by atoms with Crippen molar-refractivity contribution in [2.24, 2.45) is 0 Å². The number of ether oxygens (including phenoxy) is 1. The SMILES string of the molecule is CN(C)C(=O)c1cc(N2CCCC2c2cc(F)cc(F)c2)c2nc(N3CCOCC3)cnc2c1. The zero-order valence-electron chi connectivity index (χ0n) is 19.3. The molecule has 2 aliphatic rings. The summed E-state index contributed by atoms with van der Waals surface area (Å²) in [5, 5.41) is 0. The van der Waals surface area contributed by atoms with Crippen molar-refractivity contribution in [3.63, 3.8) is 0 Å². The molecule has 0 bridgehead atoms. The number of anilines is 2. The molecule has 2 fully saturated rings. The Bertz CT molecular complexity index is 1210. The number of rotatable bonds is 4. The zero-order valence-corrected chi connectivity index (χ0v) is 19.3. The molecule has 5 rings (SSSR count). The van der Waals surface area contributed by atoms with Crippen LogP contribution in [0.15, 0.2) is 36.5 Å². The monoisotopic (exact) mass is 467 g/mol. The standard InChI is InChI=1S/C25H27F2N5O2/c1-30(2)25(33)17-12-20-24(29-23(15-28-20)31-6-8-34-9-7-31)22(13-17)32-5-3-4-21(32)16-10-18(26)14-19(27)11-16/h10-15,21H,3-9H2,1-2H3. The highest BCUT2D eigenvalue weighted by Crippen LogP contribution is 2.40. The van der Waals surface area contributed by atoms with Crippen LogP contribution in [0.3, 0.4) is 0 Å². The van der Waals surface area contributed by atoms with Crippen LogP contribution >= 0.6 is 0 Å². The number of halogens is 2. The normalized spacial score (nSPS) is 18.5. The quantitative estimate of drug-likeness (QED) is 0.582. The fraction of sp³-hybridized carbons (Fsp3) is 0.400. The maximum atomic E-state index is 14.0. The molecule has 3 heterocycles. The van der Waals surface area contributed by atoms with E-state index in [1.165, 1.54) is 17.0 Å². The minimum Gasteiger partial charge on any atom is -0.378 e. The number of carbonyl (C=O) groups excluding carboxylic acids is 1. The summed E-state index contributed by atoms with van der Waals surface area (Å²) in [5.74, 6) is -0.596. The van der Waals surface area contributed by atoms with Crippen LogP contribution in [-0.4, -0.2) is 67.7 Å². The van der Waals surface area contributed by atoms with E-state index in [1.54, 1.807) is 26.4 Å². The Labute approximate surface area is 196 Å². The van der Waals surface area contributed by atoms with E-state index in [0.717, 1.165) is 43.5 Å². The van der Waals surface area contributed by atoms with E-state index >= 15 is 0 Å². The van der Waals surface area contributed by atoms with E-state index < -0.39 is 11.6 Å². The van der Waals surface area contributed by atoms with Crippen LogP contribution in [0.2, 0.25) is 0 Å². The summed E-state index contributed by atoms with van der Waals surface area (Å²) in [6, 6.07) is 7.00. The molecule has 178 valence electrons. The van der Waals surface area contributed by atoms with Crippen molar-refractivity contribution in [1.29, 1.82) is 0 Å². The van der Waals surface area contributed by atoms with Crippen LogP contribution in [-0.2, 0) is 4.74 Å². The largest absolute Gasteiger partial charge is 0.378 e. The van der Waals surface area contributed by atoms with Gasteiger partial charge in [0.05, 0.1) is 36.7 Å². The second-order valence-electron chi connectivity index (χ2n) is 8.94. The first-order valence-electron chi connectivity index (χ1n) is 11.5. The molecule has 1 aromatic heterocycles. The lowest BCUT2D eigenvalue weighted by Gasteiger charge is -2.30. The van der Waals surface area contributed by atoms with Gasteiger partial charge in [0.25, 0.3) is 5.91 Å². The third-order valence-corrected chi connectivity index (χ3v) is 6.44. The van der Waals surface area contributed by atoms with Crippen LogP contribution in [0, 0.1) is 11.6 Å². The van der Waals surface area contributed by atoms with Crippen LogP contribution in [0.25, 0.3) is 11.0 Å². The zero-order chi connectivity index (χ0) is 23.8. The van der Waals surface area contributed by atoms with Gasteiger partial charge < -0.3 is 19.4 Å². The van der Waals surface area contributed by atoms with Gasteiger partial charge in [-0.3, -0.25) is 9.78 Å². The maximum absolute atomic E-state index is 14.0. The molecule has 1 unspecified atom stereocenters. The van der Waals surface area contributed by atoms with Crippen LogP contribution in [0.5, 0.6) is 0 Å². The summed E-state index contributed by atoms with van der Waals surface area (Å²) in [6.07, 6.45) is 3.32. The fourth-order valence-electron chi connectivity index (χ4n) is 4.80. The number of hydrogen-bond donors (Lipinski definition) is 0. The van der Waals surface area contributed by atoms with Crippen LogP contribution in [0.4, 0.5) is 20.3 Å². The fourth-order valence-corrected chi connectivity index (χ4v) is 4.80. The summed E-state index contributed by atoms with van der Waals surface area (Å²) < 4.78 is 33.5. The topological polar surface area (TPSA) is 61.8 Å². The molecule has 2 aliphatic heterocycles. The van der Waals surface area contributed by atoms with Gasteiger partial charge in [-0.1, -0.05) is 0 Å². The third kappa shape index (κ3) is 4.27. The van der Waals surface area contributed by atoms with E-state index in [1.807, 2.05) is 6.07 Å². The van der Waals surface area contributed by atoms with Crippen molar-refractivity contribution in [1.82, 2.24) is 14.9 Å². The number of morpholine rings is 1. The Balaban J connectivity index is 1.64. The number of carbonyl (C=O) groups is 1. The molecule has 0 aliphatic carbocycles. The summed E-state index contributed by atoms with van der Waals surface area (Å²) in [4.78, 5) is 28.2. The predicted molar refractivity (Wildman–Crippen MR) is 126 cm³/mol. The second-order valence-corrected chi connectivity index (χ2v) is 8.94. The molecular formula is C25H27F2N5O2. The Hall–Kier alpha value is -3.33. The van der Waals surface area contributed by atoms with Crippen molar-refractivity contribution in [3.8, 4) is 0 Å². The van der Waals surface area contributed by atoms with E-state index in [-0.39, 0.29) is 11.9 Å². The van der Waals surface area contributed by atoms with E-state index in [9.17, 15) is 13.6 Å².